The zero-order chi connectivity index (χ0) is 23.7. The molecule has 0 bridgehead atoms. The van der Waals surface area contributed by atoms with Crippen LogP contribution >= 0.6 is 0 Å². The second kappa shape index (κ2) is 12.5. The summed E-state index contributed by atoms with van der Waals surface area (Å²) >= 11 is 0. The van der Waals surface area contributed by atoms with Crippen LogP contribution in [0.1, 0.15) is 38.7 Å². The number of aliphatic carboxylic acids is 1. The third-order valence-electron chi connectivity index (χ3n) is 6.07. The predicted molar refractivity (Wildman–Crippen MR) is 121 cm³/mol. The van der Waals surface area contributed by atoms with E-state index in [2.05, 4.69) is 15.5 Å². The number of nitrogens with one attached hydrogen (secondary N) is 2. The van der Waals surface area contributed by atoms with E-state index in [0.29, 0.717) is 25.8 Å². The van der Waals surface area contributed by atoms with Crippen molar-refractivity contribution in [3.8, 4) is 0 Å². The first-order chi connectivity index (χ1) is 15.3. The molecule has 178 valence electrons. The SMILES string of the molecule is CCC(C)C(NC(=O)C1CCCN1CC(N)Cc1ccccc1)C(=O)NC(CO)C(=O)O. The van der Waals surface area contributed by atoms with Crippen molar-refractivity contribution in [2.45, 2.75) is 63.7 Å². The summed E-state index contributed by atoms with van der Waals surface area (Å²) in [4.78, 5) is 39.0. The lowest BCUT2D eigenvalue weighted by Crippen LogP contribution is -2.58. The first kappa shape index (κ1) is 25.8. The molecule has 0 spiro atoms. The number of nitrogens with zero attached hydrogens (tertiary/aromatic N) is 1. The van der Waals surface area contributed by atoms with E-state index in [1.165, 1.54) is 0 Å². The van der Waals surface area contributed by atoms with Crippen molar-refractivity contribution >= 4 is 17.8 Å². The topological polar surface area (TPSA) is 145 Å². The average molecular weight is 449 g/mol. The normalized spacial score (nSPS) is 20.2. The van der Waals surface area contributed by atoms with Crippen LogP contribution in [0.5, 0.6) is 0 Å². The Morgan fingerprint density at radius 3 is 2.50 bits per heavy atom. The molecule has 1 aliphatic rings. The Morgan fingerprint density at radius 1 is 1.22 bits per heavy atom. The lowest BCUT2D eigenvalue weighted by atomic mass is 9.97. The minimum Gasteiger partial charge on any atom is -0.480 e. The van der Waals surface area contributed by atoms with Crippen molar-refractivity contribution in [1.82, 2.24) is 15.5 Å². The lowest BCUT2D eigenvalue weighted by molar-refractivity contribution is -0.143. The number of nitrogens with two attached hydrogens (primary N) is 1. The van der Waals surface area contributed by atoms with Gasteiger partial charge in [0.15, 0.2) is 0 Å². The van der Waals surface area contributed by atoms with Gasteiger partial charge in [0.25, 0.3) is 0 Å². The van der Waals surface area contributed by atoms with Gasteiger partial charge in [-0.15, -0.1) is 0 Å². The molecule has 2 rings (SSSR count). The van der Waals surface area contributed by atoms with E-state index in [9.17, 15) is 19.5 Å². The Bertz CT molecular complexity index is 760. The maximum absolute atomic E-state index is 13.1. The highest BCUT2D eigenvalue weighted by atomic mass is 16.4. The van der Waals surface area contributed by atoms with Gasteiger partial charge in [-0.2, -0.15) is 0 Å². The van der Waals surface area contributed by atoms with Crippen LogP contribution < -0.4 is 16.4 Å². The second-order valence-electron chi connectivity index (χ2n) is 8.56. The Balaban J connectivity index is 2.01. The fourth-order valence-corrected chi connectivity index (χ4v) is 4.02. The first-order valence-electron chi connectivity index (χ1n) is 11.2. The van der Waals surface area contributed by atoms with Gasteiger partial charge >= 0.3 is 5.97 Å². The van der Waals surface area contributed by atoms with Crippen LogP contribution in [0.15, 0.2) is 30.3 Å². The Labute approximate surface area is 189 Å². The van der Waals surface area contributed by atoms with Crippen molar-refractivity contribution in [2.75, 3.05) is 19.7 Å². The number of aliphatic hydroxyl groups excluding tert-OH is 1. The molecule has 0 aromatic heterocycles. The standard InChI is InChI=1S/C23H36N4O5/c1-3-15(2)20(22(30)25-18(14-28)23(31)32)26-21(29)19-10-7-11-27(19)13-17(24)12-16-8-5-4-6-9-16/h4-6,8-9,15,17-20,28H,3,7,10-14,24H2,1-2H3,(H,25,30)(H,26,29)(H,31,32). The van der Waals surface area contributed by atoms with E-state index in [0.717, 1.165) is 18.5 Å². The molecule has 1 saturated heterocycles. The van der Waals surface area contributed by atoms with Gasteiger partial charge < -0.3 is 26.6 Å². The second-order valence-corrected chi connectivity index (χ2v) is 8.56. The number of carboxylic acid groups (broad SMARTS) is 1. The molecule has 9 heteroatoms. The molecule has 0 aliphatic carbocycles. The van der Waals surface area contributed by atoms with Crippen LogP contribution in [0, 0.1) is 5.92 Å². The highest BCUT2D eigenvalue weighted by Crippen LogP contribution is 2.19. The average Bonchev–Trinajstić information content (AvgIpc) is 3.23. The third kappa shape index (κ3) is 7.29. The summed E-state index contributed by atoms with van der Waals surface area (Å²) in [6.07, 6.45) is 2.86. The minimum atomic E-state index is -1.41. The number of carbonyl (C=O) groups is 3. The number of carbonyl (C=O) groups excluding carboxylic acids is 2. The lowest BCUT2D eigenvalue weighted by Gasteiger charge is -2.30. The molecule has 0 saturated carbocycles. The molecule has 1 fully saturated rings. The summed E-state index contributed by atoms with van der Waals surface area (Å²) in [6, 6.07) is 7.15. The van der Waals surface area contributed by atoms with Gasteiger partial charge in [0.1, 0.15) is 12.1 Å². The molecular weight excluding hydrogens is 412 g/mol. The number of amides is 2. The quantitative estimate of drug-likeness (QED) is 0.305. The van der Waals surface area contributed by atoms with Crippen LogP contribution in [0.3, 0.4) is 0 Å². The predicted octanol–water partition coefficient (Wildman–Crippen LogP) is 0.113. The van der Waals surface area contributed by atoms with Gasteiger partial charge in [-0.1, -0.05) is 50.6 Å². The Morgan fingerprint density at radius 2 is 1.91 bits per heavy atom. The molecule has 0 radical (unpaired) electrons. The maximum atomic E-state index is 13.1. The van der Waals surface area contributed by atoms with E-state index < -0.39 is 30.6 Å². The van der Waals surface area contributed by atoms with Crippen molar-refractivity contribution in [1.29, 1.82) is 0 Å². The molecule has 32 heavy (non-hydrogen) atoms. The molecule has 1 aliphatic heterocycles. The molecule has 5 unspecified atom stereocenters. The molecular formula is C23H36N4O5. The van der Waals surface area contributed by atoms with Crippen molar-refractivity contribution in [3.63, 3.8) is 0 Å². The molecule has 1 heterocycles. The largest absolute Gasteiger partial charge is 0.480 e. The zero-order valence-electron chi connectivity index (χ0n) is 18.9. The number of benzene rings is 1. The first-order valence-corrected chi connectivity index (χ1v) is 11.2. The number of carboxylic acids is 1. The summed E-state index contributed by atoms with van der Waals surface area (Å²) in [5.74, 6) is -2.41. The minimum absolute atomic E-state index is 0.125. The third-order valence-corrected chi connectivity index (χ3v) is 6.07. The van der Waals surface area contributed by atoms with Crippen molar-refractivity contribution in [3.05, 3.63) is 35.9 Å². The van der Waals surface area contributed by atoms with Crippen LogP contribution in [0.25, 0.3) is 0 Å². The van der Waals surface area contributed by atoms with Gasteiger partial charge in [-0.25, -0.2) is 4.79 Å². The van der Waals surface area contributed by atoms with E-state index >= 15 is 0 Å². The highest BCUT2D eigenvalue weighted by Gasteiger charge is 2.35. The summed E-state index contributed by atoms with van der Waals surface area (Å²) in [5, 5.41) is 23.4. The summed E-state index contributed by atoms with van der Waals surface area (Å²) < 4.78 is 0. The van der Waals surface area contributed by atoms with E-state index in [1.54, 1.807) is 0 Å². The van der Waals surface area contributed by atoms with Crippen LogP contribution in [-0.2, 0) is 20.8 Å². The fraction of sp³-hybridized carbons (Fsp3) is 0.609. The maximum Gasteiger partial charge on any atom is 0.328 e. The summed E-state index contributed by atoms with van der Waals surface area (Å²) in [5.41, 5.74) is 7.49. The van der Waals surface area contributed by atoms with Gasteiger partial charge in [0.05, 0.1) is 12.6 Å². The molecule has 2 amide bonds. The smallest absolute Gasteiger partial charge is 0.328 e. The van der Waals surface area contributed by atoms with Crippen LogP contribution in [-0.4, -0.2) is 76.8 Å². The fourth-order valence-electron chi connectivity index (χ4n) is 4.02. The van der Waals surface area contributed by atoms with Gasteiger partial charge in [-0.3, -0.25) is 14.5 Å². The van der Waals surface area contributed by atoms with E-state index in [1.807, 2.05) is 44.2 Å². The monoisotopic (exact) mass is 448 g/mol. The number of hydrogen-bond acceptors (Lipinski definition) is 6. The molecule has 1 aromatic carbocycles. The molecule has 6 N–H and O–H groups in total. The highest BCUT2D eigenvalue weighted by molar-refractivity contribution is 5.92. The Kier molecular flexibility index (Phi) is 10.1. The number of likely N-dealkylation sites (tertiary alicyclic amines) is 1. The molecule has 5 atom stereocenters. The van der Waals surface area contributed by atoms with Crippen molar-refractivity contribution in [2.24, 2.45) is 11.7 Å². The Hall–Kier alpha value is -2.49. The van der Waals surface area contributed by atoms with E-state index in [4.69, 9.17) is 10.8 Å². The van der Waals surface area contributed by atoms with Gasteiger partial charge in [0, 0.05) is 12.6 Å². The number of hydrogen-bond donors (Lipinski definition) is 5. The summed E-state index contributed by atoms with van der Waals surface area (Å²) in [7, 11) is 0. The zero-order valence-corrected chi connectivity index (χ0v) is 18.9. The van der Waals surface area contributed by atoms with Crippen LogP contribution in [0.2, 0.25) is 0 Å². The number of rotatable bonds is 12. The van der Waals surface area contributed by atoms with Crippen LogP contribution in [0.4, 0.5) is 0 Å². The molecule has 9 nitrogen and oxygen atoms in total. The van der Waals surface area contributed by atoms with E-state index in [-0.39, 0.29) is 23.9 Å². The number of aliphatic hydroxyl groups is 1. The molecule has 1 aromatic rings. The van der Waals surface area contributed by atoms with Crippen molar-refractivity contribution < 1.29 is 24.6 Å². The van der Waals surface area contributed by atoms with Gasteiger partial charge in [0.2, 0.25) is 11.8 Å². The van der Waals surface area contributed by atoms with Gasteiger partial charge in [-0.05, 0) is 37.3 Å². The summed E-state index contributed by atoms with van der Waals surface area (Å²) in [6.45, 7) is 4.31.